The number of benzene rings is 1. The number of nitrogens with two attached hydrogens (primary N) is 1. The van der Waals surface area contributed by atoms with Gasteiger partial charge in [0, 0.05) is 37.9 Å². The number of rotatable bonds is 4. The molecule has 1 aromatic heterocycles. The van der Waals surface area contributed by atoms with Gasteiger partial charge in [0.05, 0.1) is 5.02 Å². The van der Waals surface area contributed by atoms with E-state index in [0.29, 0.717) is 11.8 Å². The molecule has 0 spiro atoms. The molecule has 1 aromatic carbocycles. The summed E-state index contributed by atoms with van der Waals surface area (Å²) in [6, 6.07) is 12.7. The number of hydrogen-bond acceptors (Lipinski definition) is 3. The van der Waals surface area contributed by atoms with Crippen molar-refractivity contribution < 1.29 is 0 Å². The van der Waals surface area contributed by atoms with Crippen molar-refractivity contribution in [3.05, 3.63) is 64.9 Å². The number of hydrogen-bond donors (Lipinski definition) is 1. The van der Waals surface area contributed by atoms with E-state index in [1.807, 2.05) is 6.07 Å². The molecule has 21 heavy (non-hydrogen) atoms. The molecule has 0 amide bonds. The van der Waals surface area contributed by atoms with Gasteiger partial charge in [-0.15, -0.1) is 0 Å². The van der Waals surface area contributed by atoms with Crippen LogP contribution in [-0.4, -0.2) is 29.5 Å². The Balaban J connectivity index is 1.74. The molecular formula is C17H20ClN3. The lowest BCUT2D eigenvalue weighted by atomic mass is 9.89. The average molecular weight is 302 g/mol. The van der Waals surface area contributed by atoms with Crippen molar-refractivity contribution in [1.29, 1.82) is 0 Å². The highest BCUT2D eigenvalue weighted by molar-refractivity contribution is 6.31. The van der Waals surface area contributed by atoms with Crippen LogP contribution in [0, 0.1) is 5.92 Å². The molecule has 2 aromatic rings. The normalized spacial score (nSPS) is 22.6. The minimum atomic E-state index is 0.507. The Kier molecular flexibility index (Phi) is 4.54. The molecule has 1 aliphatic rings. The smallest absolute Gasteiger partial charge is 0.0634 e. The molecule has 1 aliphatic heterocycles. The Hall–Kier alpha value is -1.42. The van der Waals surface area contributed by atoms with Crippen LogP contribution in [-0.2, 0) is 6.54 Å². The zero-order valence-corrected chi connectivity index (χ0v) is 12.7. The topological polar surface area (TPSA) is 42.1 Å². The molecule has 110 valence electrons. The van der Waals surface area contributed by atoms with E-state index in [2.05, 4.69) is 40.2 Å². The van der Waals surface area contributed by atoms with Crippen molar-refractivity contribution in [1.82, 2.24) is 9.88 Å². The van der Waals surface area contributed by atoms with Crippen LogP contribution >= 0.6 is 11.6 Å². The van der Waals surface area contributed by atoms with Crippen LogP contribution in [0.3, 0.4) is 0 Å². The molecule has 3 nitrogen and oxygen atoms in total. The molecule has 1 saturated heterocycles. The fourth-order valence-electron chi connectivity index (χ4n) is 3.18. The zero-order valence-electron chi connectivity index (χ0n) is 12.0. The molecule has 2 heterocycles. The van der Waals surface area contributed by atoms with Gasteiger partial charge >= 0.3 is 0 Å². The highest BCUT2D eigenvalue weighted by Gasteiger charge is 2.32. The van der Waals surface area contributed by atoms with Crippen LogP contribution in [0.1, 0.15) is 17.0 Å². The number of halogens is 1. The second kappa shape index (κ2) is 6.56. The number of likely N-dealkylation sites (tertiary alicyclic amines) is 1. The molecule has 2 atom stereocenters. The van der Waals surface area contributed by atoms with E-state index in [9.17, 15) is 0 Å². The second-order valence-electron chi connectivity index (χ2n) is 5.67. The van der Waals surface area contributed by atoms with Crippen LogP contribution in [0.4, 0.5) is 0 Å². The zero-order chi connectivity index (χ0) is 14.7. The predicted molar refractivity (Wildman–Crippen MR) is 86.3 cm³/mol. The third-order valence-corrected chi connectivity index (χ3v) is 4.64. The predicted octanol–water partition coefficient (Wildman–Crippen LogP) is 2.91. The number of nitrogens with zero attached hydrogens (tertiary/aromatic N) is 2. The van der Waals surface area contributed by atoms with Crippen molar-refractivity contribution in [2.75, 3.05) is 19.6 Å². The minimum absolute atomic E-state index is 0.507. The first kappa shape index (κ1) is 14.5. The van der Waals surface area contributed by atoms with Gasteiger partial charge in [0.1, 0.15) is 0 Å². The highest BCUT2D eigenvalue weighted by Crippen LogP contribution is 2.33. The summed E-state index contributed by atoms with van der Waals surface area (Å²) in [6.07, 6.45) is 3.51. The molecular weight excluding hydrogens is 282 g/mol. The fourth-order valence-corrected chi connectivity index (χ4v) is 3.36. The Labute approximate surface area is 130 Å². The average Bonchev–Trinajstić information content (AvgIpc) is 2.93. The van der Waals surface area contributed by atoms with Gasteiger partial charge in [0.25, 0.3) is 0 Å². The van der Waals surface area contributed by atoms with Crippen molar-refractivity contribution in [2.45, 2.75) is 12.5 Å². The molecule has 4 heteroatoms. The monoisotopic (exact) mass is 301 g/mol. The van der Waals surface area contributed by atoms with E-state index in [4.69, 9.17) is 17.3 Å². The third kappa shape index (κ3) is 3.26. The lowest BCUT2D eigenvalue weighted by molar-refractivity contribution is 0.317. The first-order valence-electron chi connectivity index (χ1n) is 7.33. The summed E-state index contributed by atoms with van der Waals surface area (Å²) >= 11 is 6.21. The standard InChI is InChI=1S/C17H20ClN3/c18-17-9-20-7-6-14(17)10-21-11-15(8-19)16(12-21)13-4-2-1-3-5-13/h1-7,9,15-16H,8,10-12,19H2/t15-,16+/m1/s1. The summed E-state index contributed by atoms with van der Waals surface area (Å²) in [4.78, 5) is 6.48. The molecule has 1 fully saturated rings. The van der Waals surface area contributed by atoms with E-state index in [-0.39, 0.29) is 0 Å². The Morgan fingerprint density at radius 2 is 2.00 bits per heavy atom. The molecule has 2 N–H and O–H groups in total. The quantitative estimate of drug-likeness (QED) is 0.944. The van der Waals surface area contributed by atoms with Gasteiger partial charge < -0.3 is 5.73 Å². The van der Waals surface area contributed by atoms with Crippen molar-refractivity contribution in [3.8, 4) is 0 Å². The van der Waals surface area contributed by atoms with Crippen molar-refractivity contribution in [3.63, 3.8) is 0 Å². The van der Waals surface area contributed by atoms with Crippen molar-refractivity contribution in [2.24, 2.45) is 11.7 Å². The van der Waals surface area contributed by atoms with Gasteiger partial charge in [0.15, 0.2) is 0 Å². The molecule has 0 bridgehead atoms. The van der Waals surface area contributed by atoms with E-state index < -0.39 is 0 Å². The van der Waals surface area contributed by atoms with Gasteiger partial charge in [-0.2, -0.15) is 0 Å². The SMILES string of the molecule is NC[C@@H]1CN(Cc2ccncc2Cl)C[C@H]1c1ccccc1. The lowest BCUT2D eigenvalue weighted by Gasteiger charge is -2.17. The van der Waals surface area contributed by atoms with Crippen molar-refractivity contribution >= 4 is 11.6 Å². The molecule has 0 unspecified atom stereocenters. The summed E-state index contributed by atoms with van der Waals surface area (Å²) in [5, 5.41) is 0.741. The van der Waals surface area contributed by atoms with Gasteiger partial charge in [-0.3, -0.25) is 9.88 Å². The Morgan fingerprint density at radius 3 is 2.71 bits per heavy atom. The number of aromatic nitrogens is 1. The third-order valence-electron chi connectivity index (χ3n) is 4.30. The van der Waals surface area contributed by atoms with Crippen LogP contribution < -0.4 is 5.73 Å². The van der Waals surface area contributed by atoms with E-state index >= 15 is 0 Å². The fraction of sp³-hybridized carbons (Fsp3) is 0.353. The van der Waals surface area contributed by atoms with Gasteiger partial charge in [-0.25, -0.2) is 0 Å². The van der Waals surface area contributed by atoms with Gasteiger partial charge in [0.2, 0.25) is 0 Å². The lowest BCUT2D eigenvalue weighted by Crippen LogP contribution is -2.23. The largest absolute Gasteiger partial charge is 0.330 e. The maximum Gasteiger partial charge on any atom is 0.0634 e. The van der Waals surface area contributed by atoms with E-state index in [0.717, 1.165) is 36.8 Å². The highest BCUT2D eigenvalue weighted by atomic mass is 35.5. The summed E-state index contributed by atoms with van der Waals surface area (Å²) in [6.45, 7) is 3.64. The maximum absolute atomic E-state index is 6.21. The molecule has 0 saturated carbocycles. The summed E-state index contributed by atoms with van der Waals surface area (Å²) < 4.78 is 0. The molecule has 0 aliphatic carbocycles. The van der Waals surface area contributed by atoms with Crippen LogP contribution in [0.2, 0.25) is 5.02 Å². The maximum atomic E-state index is 6.21. The van der Waals surface area contributed by atoms with E-state index in [1.165, 1.54) is 5.56 Å². The number of pyridine rings is 1. The summed E-state index contributed by atoms with van der Waals surface area (Å²) in [7, 11) is 0. The minimum Gasteiger partial charge on any atom is -0.330 e. The Morgan fingerprint density at radius 1 is 1.19 bits per heavy atom. The first-order chi connectivity index (χ1) is 10.3. The van der Waals surface area contributed by atoms with Crippen LogP contribution in [0.5, 0.6) is 0 Å². The second-order valence-corrected chi connectivity index (χ2v) is 6.08. The summed E-state index contributed by atoms with van der Waals surface area (Å²) in [5.41, 5.74) is 8.51. The van der Waals surface area contributed by atoms with Gasteiger partial charge in [-0.1, -0.05) is 41.9 Å². The van der Waals surface area contributed by atoms with Crippen LogP contribution in [0.15, 0.2) is 48.8 Å². The molecule has 0 radical (unpaired) electrons. The first-order valence-corrected chi connectivity index (χ1v) is 7.71. The van der Waals surface area contributed by atoms with Gasteiger partial charge in [-0.05, 0) is 29.7 Å². The Bertz CT molecular complexity index is 588. The van der Waals surface area contributed by atoms with Crippen LogP contribution in [0.25, 0.3) is 0 Å². The molecule has 3 rings (SSSR count). The summed E-state index contributed by atoms with van der Waals surface area (Å²) in [5.74, 6) is 1.02. The van der Waals surface area contributed by atoms with E-state index in [1.54, 1.807) is 12.4 Å².